The quantitative estimate of drug-likeness (QED) is 0.860. The molecule has 0 bridgehead atoms. The molecule has 0 aromatic heterocycles. The molecular weight excluding hydrogens is 358 g/mol. The molecule has 2 aromatic rings. The molecule has 4 nitrogen and oxygen atoms in total. The molecule has 1 saturated heterocycles. The number of sulfone groups is 1. The summed E-state index contributed by atoms with van der Waals surface area (Å²) < 4.78 is 30.3. The molecule has 0 spiro atoms. The number of hydrogen-bond acceptors (Lipinski definition) is 4. The Balaban J connectivity index is 0.00000225. The smallest absolute Gasteiger partial charge is 0.176 e. The highest BCUT2D eigenvalue weighted by molar-refractivity contribution is 7.90. The van der Waals surface area contributed by atoms with E-state index in [1.54, 1.807) is 6.07 Å². The van der Waals surface area contributed by atoms with Gasteiger partial charge in [-0.1, -0.05) is 30.3 Å². The third kappa shape index (κ3) is 5.21. The van der Waals surface area contributed by atoms with Gasteiger partial charge in [-0.2, -0.15) is 0 Å². The van der Waals surface area contributed by atoms with Crippen molar-refractivity contribution in [2.75, 3.05) is 26.0 Å². The fourth-order valence-corrected chi connectivity index (χ4v) is 3.93. The largest absolute Gasteiger partial charge is 0.493 e. The molecule has 25 heavy (non-hydrogen) atoms. The minimum Gasteiger partial charge on any atom is -0.493 e. The summed E-state index contributed by atoms with van der Waals surface area (Å²) in [5.74, 6) is 1.15. The highest BCUT2D eigenvalue weighted by atomic mass is 35.5. The summed E-state index contributed by atoms with van der Waals surface area (Å²) in [5, 5.41) is 3.33. The highest BCUT2D eigenvalue weighted by Gasteiger charge is 2.17. The van der Waals surface area contributed by atoms with E-state index in [0.29, 0.717) is 28.7 Å². The fourth-order valence-electron chi connectivity index (χ4n) is 3.02. The second-order valence-corrected chi connectivity index (χ2v) is 8.28. The van der Waals surface area contributed by atoms with Crippen molar-refractivity contribution in [2.45, 2.75) is 17.7 Å². The number of nitrogens with one attached hydrogen (secondary N) is 1. The Kier molecular flexibility index (Phi) is 6.87. The normalized spacial score (nSPS) is 15.4. The first-order valence-corrected chi connectivity index (χ1v) is 10.2. The molecule has 6 heteroatoms. The van der Waals surface area contributed by atoms with Crippen LogP contribution in [0.3, 0.4) is 0 Å². The lowest BCUT2D eigenvalue weighted by Gasteiger charge is -2.23. The van der Waals surface area contributed by atoms with Gasteiger partial charge in [0.2, 0.25) is 0 Å². The molecule has 1 aliphatic heterocycles. The fraction of sp³-hybridized carbons (Fsp3) is 0.368. The van der Waals surface area contributed by atoms with E-state index in [9.17, 15) is 8.42 Å². The van der Waals surface area contributed by atoms with Crippen molar-refractivity contribution in [3.8, 4) is 16.9 Å². The number of piperidine rings is 1. The molecule has 3 rings (SSSR count). The average Bonchev–Trinajstić information content (AvgIpc) is 2.61. The van der Waals surface area contributed by atoms with Crippen LogP contribution >= 0.6 is 12.4 Å². The van der Waals surface area contributed by atoms with Crippen molar-refractivity contribution in [3.05, 3.63) is 48.5 Å². The second-order valence-electron chi connectivity index (χ2n) is 6.30. The summed E-state index contributed by atoms with van der Waals surface area (Å²) in [6, 6.07) is 14.9. The monoisotopic (exact) mass is 381 g/mol. The predicted octanol–water partition coefficient (Wildman–Crippen LogP) is 3.56. The molecule has 0 unspecified atom stereocenters. The topological polar surface area (TPSA) is 55.4 Å². The molecule has 1 fully saturated rings. The standard InChI is InChI=1S/C19H23NO3S.ClH/c1-24(21,22)19-13-17(23-14-15-9-11-20-12-10-15)7-8-18(19)16-5-3-2-4-6-16;/h2-8,13,15,20H,9-12,14H2,1H3;1H. The Hall–Kier alpha value is -1.56. The van der Waals surface area contributed by atoms with Gasteiger partial charge < -0.3 is 10.1 Å². The zero-order valence-electron chi connectivity index (χ0n) is 14.3. The summed E-state index contributed by atoms with van der Waals surface area (Å²) in [6.45, 7) is 2.68. The maximum atomic E-state index is 12.2. The zero-order chi connectivity index (χ0) is 17.0. The summed E-state index contributed by atoms with van der Waals surface area (Å²) in [7, 11) is -3.34. The SMILES string of the molecule is CS(=O)(=O)c1cc(OCC2CCNCC2)ccc1-c1ccccc1.Cl. The van der Waals surface area contributed by atoms with E-state index in [1.807, 2.05) is 42.5 Å². The van der Waals surface area contributed by atoms with Gasteiger partial charge in [0.1, 0.15) is 5.75 Å². The van der Waals surface area contributed by atoms with Gasteiger partial charge in [0.25, 0.3) is 0 Å². The van der Waals surface area contributed by atoms with E-state index in [1.165, 1.54) is 6.26 Å². The van der Waals surface area contributed by atoms with Crippen LogP contribution < -0.4 is 10.1 Å². The van der Waals surface area contributed by atoms with Crippen molar-refractivity contribution in [3.63, 3.8) is 0 Å². The molecule has 0 amide bonds. The third-order valence-electron chi connectivity index (χ3n) is 4.38. The lowest BCUT2D eigenvalue weighted by atomic mass is 9.99. The summed E-state index contributed by atoms with van der Waals surface area (Å²) >= 11 is 0. The van der Waals surface area contributed by atoms with Gasteiger partial charge in [-0.3, -0.25) is 0 Å². The van der Waals surface area contributed by atoms with E-state index in [4.69, 9.17) is 4.74 Å². The van der Waals surface area contributed by atoms with Crippen LogP contribution in [0.4, 0.5) is 0 Å². The van der Waals surface area contributed by atoms with Gasteiger partial charge in [0.05, 0.1) is 11.5 Å². The number of benzene rings is 2. The van der Waals surface area contributed by atoms with Crippen LogP contribution in [0.15, 0.2) is 53.4 Å². The van der Waals surface area contributed by atoms with E-state index in [0.717, 1.165) is 31.5 Å². The van der Waals surface area contributed by atoms with Crippen LogP contribution in [0.5, 0.6) is 5.75 Å². The van der Waals surface area contributed by atoms with Crippen molar-refractivity contribution >= 4 is 22.2 Å². The first-order valence-electron chi connectivity index (χ1n) is 8.27. The van der Waals surface area contributed by atoms with E-state index in [2.05, 4.69) is 5.32 Å². The highest BCUT2D eigenvalue weighted by Crippen LogP contribution is 2.31. The first kappa shape index (κ1) is 19.8. The van der Waals surface area contributed by atoms with E-state index >= 15 is 0 Å². The lowest BCUT2D eigenvalue weighted by molar-refractivity contribution is 0.215. The Morgan fingerprint density at radius 2 is 1.76 bits per heavy atom. The molecule has 1 N–H and O–H groups in total. The van der Waals surface area contributed by atoms with Crippen LogP contribution in [0, 0.1) is 5.92 Å². The zero-order valence-corrected chi connectivity index (χ0v) is 15.9. The van der Waals surface area contributed by atoms with Crippen LogP contribution in [-0.2, 0) is 9.84 Å². The number of rotatable bonds is 5. The van der Waals surface area contributed by atoms with Crippen molar-refractivity contribution < 1.29 is 13.2 Å². The number of ether oxygens (including phenoxy) is 1. The second kappa shape index (κ2) is 8.70. The van der Waals surface area contributed by atoms with Crippen LogP contribution in [0.25, 0.3) is 11.1 Å². The summed E-state index contributed by atoms with van der Waals surface area (Å²) in [4.78, 5) is 0.316. The first-order chi connectivity index (χ1) is 11.5. The molecule has 0 saturated carbocycles. The van der Waals surface area contributed by atoms with Crippen molar-refractivity contribution in [1.82, 2.24) is 5.32 Å². The molecule has 0 aliphatic carbocycles. The Morgan fingerprint density at radius 3 is 2.40 bits per heavy atom. The average molecular weight is 382 g/mol. The maximum absolute atomic E-state index is 12.2. The molecule has 2 aromatic carbocycles. The Labute approximate surface area is 155 Å². The number of hydrogen-bond donors (Lipinski definition) is 1. The maximum Gasteiger partial charge on any atom is 0.176 e. The third-order valence-corrected chi connectivity index (χ3v) is 5.52. The van der Waals surface area contributed by atoms with Gasteiger partial charge in [0.15, 0.2) is 9.84 Å². The van der Waals surface area contributed by atoms with Crippen LogP contribution in [0.1, 0.15) is 12.8 Å². The summed E-state index contributed by atoms with van der Waals surface area (Å²) in [6.07, 6.45) is 3.44. The molecule has 1 heterocycles. The van der Waals surface area contributed by atoms with Crippen LogP contribution in [0.2, 0.25) is 0 Å². The van der Waals surface area contributed by atoms with Crippen molar-refractivity contribution in [2.24, 2.45) is 5.92 Å². The minimum absolute atomic E-state index is 0. The van der Waals surface area contributed by atoms with Gasteiger partial charge in [-0.25, -0.2) is 8.42 Å². The molecular formula is C19H24ClNO3S. The van der Waals surface area contributed by atoms with Crippen molar-refractivity contribution in [1.29, 1.82) is 0 Å². The molecule has 0 atom stereocenters. The Morgan fingerprint density at radius 1 is 1.08 bits per heavy atom. The molecule has 0 radical (unpaired) electrons. The van der Waals surface area contributed by atoms with Gasteiger partial charge >= 0.3 is 0 Å². The number of halogens is 1. The predicted molar refractivity (Wildman–Crippen MR) is 103 cm³/mol. The van der Waals surface area contributed by atoms with E-state index < -0.39 is 9.84 Å². The lowest BCUT2D eigenvalue weighted by Crippen LogP contribution is -2.30. The van der Waals surface area contributed by atoms with Gasteiger partial charge in [-0.05, 0) is 55.6 Å². The molecule has 1 aliphatic rings. The van der Waals surface area contributed by atoms with Gasteiger partial charge in [-0.15, -0.1) is 12.4 Å². The van der Waals surface area contributed by atoms with Crippen LogP contribution in [-0.4, -0.2) is 34.4 Å². The Bertz CT molecular complexity index is 788. The van der Waals surface area contributed by atoms with E-state index in [-0.39, 0.29) is 12.4 Å². The minimum atomic E-state index is -3.34. The van der Waals surface area contributed by atoms with Gasteiger partial charge in [0, 0.05) is 11.8 Å². The summed E-state index contributed by atoms with van der Waals surface area (Å²) in [5.41, 5.74) is 1.61. The molecule has 136 valence electrons.